The van der Waals surface area contributed by atoms with Crippen LogP contribution in [0.2, 0.25) is 0 Å². The molecule has 0 aliphatic heterocycles. The van der Waals surface area contributed by atoms with Crippen molar-refractivity contribution in [2.24, 2.45) is 0 Å². The molecule has 1 aromatic heterocycles. The molecular formula is C16H19NO2. The first-order valence-corrected chi connectivity index (χ1v) is 6.46. The van der Waals surface area contributed by atoms with Crippen molar-refractivity contribution >= 4 is 5.97 Å². The van der Waals surface area contributed by atoms with E-state index in [1.54, 1.807) is 0 Å². The van der Waals surface area contributed by atoms with Crippen LogP contribution in [0.4, 0.5) is 0 Å². The number of hydrogen-bond donors (Lipinski definition) is 1. The lowest BCUT2D eigenvalue weighted by atomic mass is 10.1. The summed E-state index contributed by atoms with van der Waals surface area (Å²) in [7, 11) is 0. The first-order chi connectivity index (χ1) is 9.02. The van der Waals surface area contributed by atoms with Gasteiger partial charge in [-0.05, 0) is 38.3 Å². The number of aromatic carboxylic acids is 1. The zero-order valence-corrected chi connectivity index (χ0v) is 11.6. The molecule has 1 aromatic carbocycles. The normalized spacial score (nSPS) is 10.7. The molecule has 0 radical (unpaired) electrons. The number of nitrogens with zero attached hydrogens (tertiary/aromatic N) is 1. The minimum atomic E-state index is -0.837. The van der Waals surface area contributed by atoms with E-state index in [2.05, 4.69) is 16.7 Å². The van der Waals surface area contributed by atoms with Gasteiger partial charge in [0.1, 0.15) is 0 Å². The summed E-state index contributed by atoms with van der Waals surface area (Å²) >= 11 is 0. The van der Waals surface area contributed by atoms with Gasteiger partial charge in [-0.25, -0.2) is 4.79 Å². The maximum atomic E-state index is 11.3. The smallest absolute Gasteiger partial charge is 0.337 e. The van der Waals surface area contributed by atoms with Gasteiger partial charge in [-0.15, -0.1) is 0 Å². The number of carboxylic acid groups (broad SMARTS) is 1. The van der Waals surface area contributed by atoms with Crippen molar-refractivity contribution in [3.05, 3.63) is 58.4 Å². The molecule has 0 spiro atoms. The minimum Gasteiger partial charge on any atom is -0.478 e. The average Bonchev–Trinajstić information content (AvgIpc) is 2.60. The van der Waals surface area contributed by atoms with Gasteiger partial charge < -0.3 is 9.67 Å². The van der Waals surface area contributed by atoms with Gasteiger partial charge >= 0.3 is 5.97 Å². The molecule has 100 valence electrons. The van der Waals surface area contributed by atoms with Crippen LogP contribution in [-0.4, -0.2) is 15.6 Å². The number of benzene rings is 1. The van der Waals surface area contributed by atoms with Crippen molar-refractivity contribution in [2.45, 2.75) is 33.7 Å². The van der Waals surface area contributed by atoms with E-state index in [9.17, 15) is 9.90 Å². The van der Waals surface area contributed by atoms with Crippen molar-refractivity contribution in [2.75, 3.05) is 0 Å². The molecule has 0 aliphatic rings. The summed E-state index contributed by atoms with van der Waals surface area (Å²) in [5.41, 5.74) is 4.48. The Bertz CT molecular complexity index is 597. The van der Waals surface area contributed by atoms with Crippen LogP contribution in [0.1, 0.15) is 32.9 Å². The van der Waals surface area contributed by atoms with Gasteiger partial charge in [-0.1, -0.05) is 30.3 Å². The summed E-state index contributed by atoms with van der Waals surface area (Å²) in [5, 5.41) is 9.26. The molecule has 1 heterocycles. The topological polar surface area (TPSA) is 42.2 Å². The number of carboxylic acids is 1. The van der Waals surface area contributed by atoms with E-state index in [1.807, 2.05) is 39.0 Å². The van der Waals surface area contributed by atoms with E-state index >= 15 is 0 Å². The molecule has 19 heavy (non-hydrogen) atoms. The summed E-state index contributed by atoms with van der Waals surface area (Å²) in [6, 6.07) is 10.2. The molecule has 1 N–H and O–H groups in total. The molecule has 0 atom stereocenters. The highest BCUT2D eigenvalue weighted by Crippen LogP contribution is 2.22. The minimum absolute atomic E-state index is 0.450. The Hall–Kier alpha value is -2.03. The molecule has 3 nitrogen and oxygen atoms in total. The predicted octanol–water partition coefficient (Wildman–Crippen LogP) is 3.35. The van der Waals surface area contributed by atoms with Crippen LogP contribution >= 0.6 is 0 Å². The summed E-state index contributed by atoms with van der Waals surface area (Å²) in [6.45, 7) is 6.56. The second kappa shape index (κ2) is 5.31. The zero-order chi connectivity index (χ0) is 14.0. The Morgan fingerprint density at radius 3 is 2.26 bits per heavy atom. The third-order valence-electron chi connectivity index (χ3n) is 3.77. The van der Waals surface area contributed by atoms with Crippen molar-refractivity contribution in [1.29, 1.82) is 0 Å². The van der Waals surface area contributed by atoms with Crippen molar-refractivity contribution in [3.8, 4) is 0 Å². The highest BCUT2D eigenvalue weighted by atomic mass is 16.4. The molecule has 0 unspecified atom stereocenters. The lowest BCUT2D eigenvalue weighted by Gasteiger charge is -2.09. The fourth-order valence-corrected chi connectivity index (χ4v) is 2.58. The Labute approximate surface area is 113 Å². The Balaban J connectivity index is 2.26. The Kier molecular flexibility index (Phi) is 3.74. The summed E-state index contributed by atoms with van der Waals surface area (Å²) in [4.78, 5) is 11.3. The largest absolute Gasteiger partial charge is 0.478 e. The summed E-state index contributed by atoms with van der Waals surface area (Å²) in [5.74, 6) is -0.837. The maximum absolute atomic E-state index is 11.3. The Morgan fingerprint density at radius 2 is 1.74 bits per heavy atom. The van der Waals surface area contributed by atoms with E-state index in [4.69, 9.17) is 0 Å². The average molecular weight is 257 g/mol. The van der Waals surface area contributed by atoms with Crippen LogP contribution in [0.15, 0.2) is 30.3 Å². The van der Waals surface area contributed by atoms with E-state index in [1.165, 1.54) is 5.56 Å². The molecule has 2 rings (SSSR count). The quantitative estimate of drug-likeness (QED) is 0.912. The zero-order valence-electron chi connectivity index (χ0n) is 11.6. The van der Waals surface area contributed by atoms with Gasteiger partial charge in [-0.2, -0.15) is 0 Å². The number of aryl methyl sites for hydroxylation is 1. The second-order valence-corrected chi connectivity index (χ2v) is 4.86. The fraction of sp³-hybridized carbons (Fsp3) is 0.312. The monoisotopic (exact) mass is 257 g/mol. The third-order valence-corrected chi connectivity index (χ3v) is 3.77. The van der Waals surface area contributed by atoms with Gasteiger partial charge in [-0.3, -0.25) is 0 Å². The fourth-order valence-electron chi connectivity index (χ4n) is 2.58. The first-order valence-electron chi connectivity index (χ1n) is 6.46. The molecule has 0 aliphatic carbocycles. The van der Waals surface area contributed by atoms with Crippen LogP contribution < -0.4 is 0 Å². The molecule has 0 bridgehead atoms. The standard InChI is InChI=1S/C16H19NO2/c1-11-12(2)17(13(3)15(11)16(18)19)10-9-14-7-5-4-6-8-14/h4-8H,9-10H2,1-3H3,(H,18,19). The Morgan fingerprint density at radius 1 is 1.11 bits per heavy atom. The molecule has 0 amide bonds. The van der Waals surface area contributed by atoms with Gasteiger partial charge in [0, 0.05) is 17.9 Å². The highest BCUT2D eigenvalue weighted by molar-refractivity contribution is 5.91. The van der Waals surface area contributed by atoms with Crippen LogP contribution in [-0.2, 0) is 13.0 Å². The van der Waals surface area contributed by atoms with Gasteiger partial charge in [0.2, 0.25) is 0 Å². The lowest BCUT2D eigenvalue weighted by Crippen LogP contribution is -2.06. The van der Waals surface area contributed by atoms with E-state index in [0.29, 0.717) is 5.56 Å². The van der Waals surface area contributed by atoms with Crippen molar-refractivity contribution in [1.82, 2.24) is 4.57 Å². The molecule has 2 aromatic rings. The summed E-state index contributed by atoms with van der Waals surface area (Å²) in [6.07, 6.45) is 0.912. The highest BCUT2D eigenvalue weighted by Gasteiger charge is 2.19. The van der Waals surface area contributed by atoms with Crippen LogP contribution in [0, 0.1) is 20.8 Å². The molecule has 0 fully saturated rings. The van der Waals surface area contributed by atoms with Crippen molar-refractivity contribution in [3.63, 3.8) is 0 Å². The lowest BCUT2D eigenvalue weighted by molar-refractivity contribution is 0.0695. The number of rotatable bonds is 4. The van der Waals surface area contributed by atoms with Crippen LogP contribution in [0.3, 0.4) is 0 Å². The molecule has 3 heteroatoms. The van der Waals surface area contributed by atoms with Gasteiger partial charge in [0.25, 0.3) is 0 Å². The van der Waals surface area contributed by atoms with Gasteiger partial charge in [0.15, 0.2) is 0 Å². The number of hydrogen-bond acceptors (Lipinski definition) is 1. The predicted molar refractivity (Wildman–Crippen MR) is 75.7 cm³/mol. The van der Waals surface area contributed by atoms with Gasteiger partial charge in [0.05, 0.1) is 5.56 Å². The molecule has 0 saturated carbocycles. The summed E-state index contributed by atoms with van der Waals surface area (Å²) < 4.78 is 2.10. The molecular weight excluding hydrogens is 238 g/mol. The molecule has 0 saturated heterocycles. The number of aromatic nitrogens is 1. The maximum Gasteiger partial charge on any atom is 0.337 e. The van der Waals surface area contributed by atoms with Crippen molar-refractivity contribution < 1.29 is 9.90 Å². The SMILES string of the molecule is Cc1c(C(=O)O)c(C)n(CCc2ccccc2)c1C. The first kappa shape index (κ1) is 13.4. The van der Waals surface area contributed by atoms with Crippen LogP contribution in [0.25, 0.3) is 0 Å². The second-order valence-electron chi connectivity index (χ2n) is 4.86. The van der Waals surface area contributed by atoms with Crippen LogP contribution in [0.5, 0.6) is 0 Å². The third kappa shape index (κ3) is 2.55. The van der Waals surface area contributed by atoms with E-state index < -0.39 is 5.97 Å². The van der Waals surface area contributed by atoms with E-state index in [-0.39, 0.29) is 0 Å². The number of carbonyl (C=O) groups is 1. The van der Waals surface area contributed by atoms with E-state index in [0.717, 1.165) is 29.9 Å².